The zero-order valence-electron chi connectivity index (χ0n) is 9.04. The Bertz CT molecular complexity index is 637. The number of alkyl halides is 1. The van der Waals surface area contributed by atoms with Crippen molar-refractivity contribution in [2.45, 2.75) is 10.8 Å². The molecule has 5 nitrogen and oxygen atoms in total. The lowest BCUT2D eigenvalue weighted by atomic mass is 10.2. The maximum Gasteiger partial charge on any atom is 0.178 e. The second-order valence-corrected chi connectivity index (χ2v) is 5.81. The molecule has 2 heterocycles. The molecule has 0 fully saturated rings. The van der Waals surface area contributed by atoms with E-state index in [-0.39, 0.29) is 10.8 Å². The Morgan fingerprint density at radius 1 is 1.41 bits per heavy atom. The molecular formula is C10H10ClN3O2S. The quantitative estimate of drug-likeness (QED) is 0.792. The highest BCUT2D eigenvalue weighted by atomic mass is 35.5. The summed E-state index contributed by atoms with van der Waals surface area (Å²) in [5.74, 6) is 0.289. The maximum absolute atomic E-state index is 11.3. The number of sulfone groups is 1. The van der Waals surface area contributed by atoms with Gasteiger partial charge in [-0.05, 0) is 6.07 Å². The highest BCUT2D eigenvalue weighted by molar-refractivity contribution is 7.90. The second-order valence-electron chi connectivity index (χ2n) is 3.53. The molecule has 0 aliphatic carbocycles. The molecule has 90 valence electrons. The molecule has 0 bridgehead atoms. The van der Waals surface area contributed by atoms with Crippen molar-refractivity contribution < 1.29 is 8.42 Å². The normalized spacial score (nSPS) is 11.6. The molecule has 0 N–H and O–H groups in total. The van der Waals surface area contributed by atoms with Crippen LogP contribution in [0, 0.1) is 0 Å². The summed E-state index contributed by atoms with van der Waals surface area (Å²) < 4.78 is 24.2. The highest BCUT2D eigenvalue weighted by Crippen LogP contribution is 2.16. The molecule has 0 unspecified atom stereocenters. The minimum Gasteiger partial charge on any atom is -0.264 e. The molecular weight excluding hydrogens is 262 g/mol. The first-order chi connectivity index (χ1) is 8.02. The van der Waals surface area contributed by atoms with E-state index in [9.17, 15) is 8.42 Å². The maximum atomic E-state index is 11.3. The van der Waals surface area contributed by atoms with Gasteiger partial charge < -0.3 is 0 Å². The zero-order chi connectivity index (χ0) is 12.5. The summed E-state index contributed by atoms with van der Waals surface area (Å²) in [6, 6.07) is 1.73. The van der Waals surface area contributed by atoms with Crippen molar-refractivity contribution in [2.24, 2.45) is 0 Å². The molecule has 17 heavy (non-hydrogen) atoms. The van der Waals surface area contributed by atoms with E-state index in [1.807, 2.05) is 0 Å². The Kier molecular flexibility index (Phi) is 3.17. The molecule has 0 saturated heterocycles. The first-order valence-corrected chi connectivity index (χ1v) is 7.19. The lowest BCUT2D eigenvalue weighted by Crippen LogP contribution is -2.00. The van der Waals surface area contributed by atoms with Crippen molar-refractivity contribution in [1.29, 1.82) is 0 Å². The summed E-state index contributed by atoms with van der Waals surface area (Å²) in [5, 5.41) is 4.01. The molecule has 2 aromatic rings. The second kappa shape index (κ2) is 4.46. The third kappa shape index (κ3) is 2.48. The third-order valence-electron chi connectivity index (χ3n) is 2.26. The van der Waals surface area contributed by atoms with Crippen LogP contribution in [0.3, 0.4) is 0 Å². The topological polar surface area (TPSA) is 64.8 Å². The predicted molar refractivity (Wildman–Crippen MR) is 64.0 cm³/mol. The lowest BCUT2D eigenvalue weighted by Gasteiger charge is -2.05. The Morgan fingerprint density at radius 3 is 2.76 bits per heavy atom. The standard InChI is InChI=1S/C10H10ClN3O2S/c1-17(15,16)9-6-13-14(7-9)10-2-3-12-5-8(10)4-11/h2-3,5-7H,4H2,1H3. The van der Waals surface area contributed by atoms with Crippen LogP contribution in [0.5, 0.6) is 0 Å². The Morgan fingerprint density at radius 2 is 2.18 bits per heavy atom. The molecule has 0 radical (unpaired) electrons. The van der Waals surface area contributed by atoms with Gasteiger partial charge in [0.2, 0.25) is 0 Å². The van der Waals surface area contributed by atoms with Crippen LogP contribution in [-0.2, 0) is 15.7 Å². The van der Waals surface area contributed by atoms with Gasteiger partial charge in [0.25, 0.3) is 0 Å². The Hall–Kier alpha value is -1.40. The van der Waals surface area contributed by atoms with Crippen LogP contribution in [0.2, 0.25) is 0 Å². The minimum atomic E-state index is -3.24. The first kappa shape index (κ1) is 12.1. The van der Waals surface area contributed by atoms with Crippen LogP contribution >= 0.6 is 11.6 Å². The van der Waals surface area contributed by atoms with Crippen LogP contribution < -0.4 is 0 Å². The van der Waals surface area contributed by atoms with E-state index >= 15 is 0 Å². The lowest BCUT2D eigenvalue weighted by molar-refractivity contribution is 0.602. The minimum absolute atomic E-state index is 0.176. The predicted octanol–water partition coefficient (Wildman–Crippen LogP) is 1.41. The van der Waals surface area contributed by atoms with E-state index in [1.54, 1.807) is 18.5 Å². The largest absolute Gasteiger partial charge is 0.264 e. The van der Waals surface area contributed by atoms with Crippen LogP contribution in [0.15, 0.2) is 35.7 Å². The summed E-state index contributed by atoms with van der Waals surface area (Å²) in [4.78, 5) is 4.13. The summed E-state index contributed by atoms with van der Waals surface area (Å²) >= 11 is 5.78. The third-order valence-corrected chi connectivity index (χ3v) is 3.61. The van der Waals surface area contributed by atoms with Gasteiger partial charge in [0, 0.05) is 30.4 Å². The van der Waals surface area contributed by atoms with Crippen molar-refractivity contribution in [3.8, 4) is 5.69 Å². The van der Waals surface area contributed by atoms with Crippen LogP contribution in [0.4, 0.5) is 0 Å². The summed E-state index contributed by atoms with van der Waals surface area (Å²) in [6.07, 6.45) is 7.15. The van der Waals surface area contributed by atoms with Gasteiger partial charge in [-0.25, -0.2) is 13.1 Å². The van der Waals surface area contributed by atoms with Gasteiger partial charge in [-0.2, -0.15) is 5.10 Å². The van der Waals surface area contributed by atoms with E-state index in [1.165, 1.54) is 17.1 Å². The molecule has 0 aliphatic rings. The van der Waals surface area contributed by atoms with Crippen LogP contribution in [0.25, 0.3) is 5.69 Å². The molecule has 2 rings (SSSR count). The molecule has 0 saturated carbocycles. The number of hydrogen-bond acceptors (Lipinski definition) is 4. The smallest absolute Gasteiger partial charge is 0.178 e. The van der Waals surface area contributed by atoms with Crippen LogP contribution in [-0.4, -0.2) is 29.4 Å². The van der Waals surface area contributed by atoms with E-state index < -0.39 is 9.84 Å². The molecule has 7 heteroatoms. The number of rotatable bonds is 3. The van der Waals surface area contributed by atoms with Crippen molar-refractivity contribution in [3.05, 3.63) is 36.4 Å². The van der Waals surface area contributed by atoms with Gasteiger partial charge in [-0.1, -0.05) is 0 Å². The first-order valence-electron chi connectivity index (χ1n) is 4.76. The monoisotopic (exact) mass is 271 g/mol. The number of aromatic nitrogens is 3. The van der Waals surface area contributed by atoms with Crippen LogP contribution in [0.1, 0.15) is 5.56 Å². The molecule has 0 aromatic carbocycles. The average molecular weight is 272 g/mol. The number of halogens is 1. The van der Waals surface area contributed by atoms with E-state index in [2.05, 4.69) is 10.1 Å². The SMILES string of the molecule is CS(=O)(=O)c1cnn(-c2ccncc2CCl)c1. The summed E-state index contributed by atoms with van der Waals surface area (Å²) in [7, 11) is -3.24. The van der Waals surface area contributed by atoms with E-state index in [0.29, 0.717) is 0 Å². The fourth-order valence-corrected chi connectivity index (χ4v) is 2.11. The van der Waals surface area contributed by atoms with Gasteiger partial charge in [0.1, 0.15) is 4.90 Å². The molecule has 0 atom stereocenters. The van der Waals surface area contributed by atoms with Gasteiger partial charge in [0.05, 0.1) is 17.8 Å². The summed E-state index contributed by atoms with van der Waals surface area (Å²) in [5.41, 5.74) is 1.52. The molecule has 2 aromatic heterocycles. The van der Waals surface area contributed by atoms with Gasteiger partial charge in [-0.3, -0.25) is 4.98 Å². The van der Waals surface area contributed by atoms with E-state index in [4.69, 9.17) is 11.6 Å². The van der Waals surface area contributed by atoms with Crippen molar-refractivity contribution in [2.75, 3.05) is 6.26 Å². The van der Waals surface area contributed by atoms with E-state index in [0.717, 1.165) is 17.5 Å². The van der Waals surface area contributed by atoms with Gasteiger partial charge in [-0.15, -0.1) is 11.6 Å². The number of nitrogens with zero attached hydrogens (tertiary/aromatic N) is 3. The van der Waals surface area contributed by atoms with Crippen molar-refractivity contribution in [3.63, 3.8) is 0 Å². The van der Waals surface area contributed by atoms with Crippen molar-refractivity contribution >= 4 is 21.4 Å². The highest BCUT2D eigenvalue weighted by Gasteiger charge is 2.12. The molecule has 0 aliphatic heterocycles. The molecule has 0 amide bonds. The van der Waals surface area contributed by atoms with Gasteiger partial charge in [0.15, 0.2) is 9.84 Å². The number of hydrogen-bond donors (Lipinski definition) is 0. The average Bonchev–Trinajstić information content (AvgIpc) is 2.77. The molecule has 0 spiro atoms. The number of pyridine rings is 1. The fourth-order valence-electron chi connectivity index (χ4n) is 1.38. The zero-order valence-corrected chi connectivity index (χ0v) is 10.6. The fraction of sp³-hybridized carbons (Fsp3) is 0.200. The van der Waals surface area contributed by atoms with Gasteiger partial charge >= 0.3 is 0 Å². The Labute approximate surface area is 104 Å². The summed E-state index contributed by atoms with van der Waals surface area (Å²) in [6.45, 7) is 0. The Balaban J connectivity index is 2.51. The van der Waals surface area contributed by atoms with Crippen molar-refractivity contribution in [1.82, 2.24) is 14.8 Å².